The van der Waals surface area contributed by atoms with Crippen LogP contribution in [0.2, 0.25) is 0 Å². The van der Waals surface area contributed by atoms with E-state index >= 15 is 0 Å². The number of aliphatic hydroxyl groups is 1. The highest BCUT2D eigenvalue weighted by molar-refractivity contribution is 7.46. The van der Waals surface area contributed by atoms with E-state index in [4.69, 9.17) is 14.9 Å². The number of carbonyl (C=O) groups excluding carboxylic acids is 2. The molecular formula is C5H9O7P. The Hall–Kier alpha value is -0.590. The van der Waals surface area contributed by atoms with E-state index in [1.807, 2.05) is 0 Å². The van der Waals surface area contributed by atoms with Crippen LogP contribution in [0.3, 0.4) is 0 Å². The second-order valence-electron chi connectivity index (χ2n) is 2.22. The van der Waals surface area contributed by atoms with Gasteiger partial charge in [0.2, 0.25) is 5.78 Å². The fourth-order valence-electron chi connectivity index (χ4n) is 0.478. The van der Waals surface area contributed by atoms with Gasteiger partial charge < -0.3 is 14.9 Å². The molecule has 0 bridgehead atoms. The van der Waals surface area contributed by atoms with Gasteiger partial charge in [-0.15, -0.1) is 0 Å². The first-order valence-electron chi connectivity index (χ1n) is 3.17. The van der Waals surface area contributed by atoms with E-state index in [2.05, 4.69) is 4.52 Å². The first-order valence-corrected chi connectivity index (χ1v) is 4.70. The summed E-state index contributed by atoms with van der Waals surface area (Å²) in [7, 11) is -4.71. The van der Waals surface area contributed by atoms with E-state index < -0.39 is 32.1 Å². The van der Waals surface area contributed by atoms with Crippen molar-refractivity contribution in [1.29, 1.82) is 0 Å². The summed E-state index contributed by atoms with van der Waals surface area (Å²) in [5, 5.41) is 8.81. The van der Waals surface area contributed by atoms with Gasteiger partial charge in [-0.3, -0.25) is 14.1 Å². The molecule has 13 heavy (non-hydrogen) atoms. The van der Waals surface area contributed by atoms with Crippen LogP contribution in [0.5, 0.6) is 0 Å². The maximum Gasteiger partial charge on any atom is 0.469 e. The Kier molecular flexibility index (Phi) is 4.38. The van der Waals surface area contributed by atoms with Crippen molar-refractivity contribution in [2.24, 2.45) is 0 Å². The summed E-state index contributed by atoms with van der Waals surface area (Å²) in [4.78, 5) is 37.3. The molecule has 1 atom stereocenters. The van der Waals surface area contributed by atoms with Crippen molar-refractivity contribution < 1.29 is 33.6 Å². The quantitative estimate of drug-likeness (QED) is 0.379. The van der Waals surface area contributed by atoms with Gasteiger partial charge in [-0.1, -0.05) is 0 Å². The number of carbonyl (C=O) groups is 2. The second kappa shape index (κ2) is 4.59. The molecule has 0 aliphatic rings. The smallest absolute Gasteiger partial charge is 0.382 e. The van der Waals surface area contributed by atoms with Crippen molar-refractivity contribution in [3.8, 4) is 0 Å². The third kappa shape index (κ3) is 5.62. The maximum absolute atomic E-state index is 10.6. The van der Waals surface area contributed by atoms with Crippen molar-refractivity contribution >= 4 is 19.4 Å². The molecule has 0 spiro atoms. The van der Waals surface area contributed by atoms with Crippen LogP contribution in [0, 0.1) is 0 Å². The van der Waals surface area contributed by atoms with Crippen LogP contribution in [0.25, 0.3) is 0 Å². The molecule has 0 fully saturated rings. The molecule has 0 aliphatic heterocycles. The average Bonchev–Trinajstić information content (AvgIpc) is 1.97. The lowest BCUT2D eigenvalue weighted by molar-refractivity contribution is -0.141. The molecule has 76 valence electrons. The summed E-state index contributed by atoms with van der Waals surface area (Å²) in [5.41, 5.74) is 0. The maximum atomic E-state index is 10.6. The van der Waals surface area contributed by atoms with Crippen LogP contribution in [-0.4, -0.2) is 39.2 Å². The summed E-state index contributed by atoms with van der Waals surface area (Å²) in [6.07, 6.45) is -1.83. The minimum atomic E-state index is -4.71. The van der Waals surface area contributed by atoms with Gasteiger partial charge in [-0.2, -0.15) is 0 Å². The molecule has 0 amide bonds. The van der Waals surface area contributed by atoms with Crippen molar-refractivity contribution in [3.63, 3.8) is 0 Å². The van der Waals surface area contributed by atoms with Crippen LogP contribution in [0.4, 0.5) is 0 Å². The predicted octanol–water partition coefficient (Wildman–Crippen LogP) is -1.39. The zero-order valence-corrected chi connectivity index (χ0v) is 7.60. The lowest BCUT2D eigenvalue weighted by Gasteiger charge is -2.08. The summed E-state index contributed by atoms with van der Waals surface area (Å²) in [5.74, 6) is -2.05. The molecular weight excluding hydrogens is 203 g/mol. The first-order chi connectivity index (χ1) is 5.74. The van der Waals surface area contributed by atoms with Gasteiger partial charge in [0.1, 0.15) is 6.10 Å². The normalized spacial score (nSPS) is 13.8. The van der Waals surface area contributed by atoms with Gasteiger partial charge >= 0.3 is 7.82 Å². The van der Waals surface area contributed by atoms with Gasteiger partial charge in [-0.05, 0) is 0 Å². The molecule has 0 heterocycles. The van der Waals surface area contributed by atoms with Crippen LogP contribution in [0.15, 0.2) is 0 Å². The van der Waals surface area contributed by atoms with Gasteiger partial charge in [0, 0.05) is 6.92 Å². The van der Waals surface area contributed by atoms with Crippen LogP contribution in [0.1, 0.15) is 6.92 Å². The van der Waals surface area contributed by atoms with E-state index in [0.29, 0.717) is 0 Å². The van der Waals surface area contributed by atoms with Gasteiger partial charge in [0.05, 0.1) is 6.61 Å². The predicted molar refractivity (Wildman–Crippen MR) is 39.7 cm³/mol. The van der Waals surface area contributed by atoms with Crippen molar-refractivity contribution in [2.45, 2.75) is 13.0 Å². The van der Waals surface area contributed by atoms with Crippen molar-refractivity contribution in [1.82, 2.24) is 0 Å². The van der Waals surface area contributed by atoms with E-state index in [1.165, 1.54) is 0 Å². The summed E-state index contributed by atoms with van der Waals surface area (Å²) < 4.78 is 13.9. The molecule has 0 saturated carbocycles. The Morgan fingerprint density at radius 2 is 1.92 bits per heavy atom. The molecule has 0 aliphatic carbocycles. The molecule has 0 aromatic carbocycles. The molecule has 0 radical (unpaired) electrons. The van der Waals surface area contributed by atoms with E-state index in [1.54, 1.807) is 0 Å². The molecule has 0 rings (SSSR count). The van der Waals surface area contributed by atoms with Crippen LogP contribution in [-0.2, 0) is 18.7 Å². The molecule has 8 heteroatoms. The third-order valence-corrected chi connectivity index (χ3v) is 1.54. The number of aliphatic hydroxyl groups excluding tert-OH is 1. The Morgan fingerprint density at radius 3 is 2.23 bits per heavy atom. The zero-order chi connectivity index (χ0) is 10.6. The SMILES string of the molecule is CC(=O)C(=O)[C@@H](O)COP(=O)(O)O. The second-order valence-corrected chi connectivity index (χ2v) is 3.46. The monoisotopic (exact) mass is 212 g/mol. The molecule has 0 unspecified atom stereocenters. The molecule has 0 aromatic rings. The average molecular weight is 212 g/mol. The molecule has 3 N–H and O–H groups in total. The van der Waals surface area contributed by atoms with E-state index in [9.17, 15) is 14.2 Å². The highest BCUT2D eigenvalue weighted by Gasteiger charge is 2.23. The standard InChI is InChI=1S/C5H9O7P/c1-3(6)5(8)4(7)2-12-13(9,10)11/h4,7H,2H2,1H3,(H2,9,10,11)/t4-/m0/s1. The largest absolute Gasteiger partial charge is 0.469 e. The van der Waals surface area contributed by atoms with Crippen LogP contribution >= 0.6 is 7.82 Å². The summed E-state index contributed by atoms with van der Waals surface area (Å²) in [6.45, 7) is 0.0335. The minimum absolute atomic E-state index is 0.900. The van der Waals surface area contributed by atoms with Gasteiger partial charge in [0.25, 0.3) is 0 Å². The van der Waals surface area contributed by atoms with Crippen LogP contribution < -0.4 is 0 Å². The molecule has 0 aromatic heterocycles. The van der Waals surface area contributed by atoms with Gasteiger partial charge in [0.15, 0.2) is 5.78 Å². The minimum Gasteiger partial charge on any atom is -0.382 e. The molecule has 0 saturated heterocycles. The topological polar surface area (TPSA) is 121 Å². The Balaban J connectivity index is 4.03. The lowest BCUT2D eigenvalue weighted by atomic mass is 10.2. The highest BCUT2D eigenvalue weighted by Crippen LogP contribution is 2.35. The summed E-state index contributed by atoms with van der Waals surface area (Å²) in [6, 6.07) is 0. The Bertz CT molecular complexity index is 254. The van der Waals surface area contributed by atoms with Crippen molar-refractivity contribution in [3.05, 3.63) is 0 Å². The van der Waals surface area contributed by atoms with E-state index in [0.717, 1.165) is 6.92 Å². The Labute approximate surface area is 73.6 Å². The zero-order valence-electron chi connectivity index (χ0n) is 6.71. The molecule has 7 nitrogen and oxygen atoms in total. The van der Waals surface area contributed by atoms with Crippen molar-refractivity contribution in [2.75, 3.05) is 6.61 Å². The number of phosphoric acid groups is 1. The number of phosphoric ester groups is 1. The fourth-order valence-corrected chi connectivity index (χ4v) is 0.813. The fraction of sp³-hybridized carbons (Fsp3) is 0.600. The van der Waals surface area contributed by atoms with E-state index in [-0.39, 0.29) is 0 Å². The number of hydrogen-bond donors (Lipinski definition) is 3. The first kappa shape index (κ1) is 12.4. The third-order valence-electron chi connectivity index (χ3n) is 1.05. The number of hydrogen-bond acceptors (Lipinski definition) is 5. The Morgan fingerprint density at radius 1 is 1.46 bits per heavy atom. The van der Waals surface area contributed by atoms with Gasteiger partial charge in [-0.25, -0.2) is 4.57 Å². The highest BCUT2D eigenvalue weighted by atomic mass is 31.2. The summed E-state index contributed by atoms with van der Waals surface area (Å²) >= 11 is 0. The number of Topliss-reactive ketones (excluding diaryl/α,β-unsaturated/α-hetero) is 2. The lowest BCUT2D eigenvalue weighted by Crippen LogP contribution is -2.30. The number of rotatable bonds is 5. The number of ketones is 2.